The van der Waals surface area contributed by atoms with Crippen LogP contribution in [0.3, 0.4) is 0 Å². The number of carbonyl (C=O) groups excluding carboxylic acids is 1. The smallest absolute Gasteiger partial charge is 0.224 e. The molecule has 1 aliphatic rings. The van der Waals surface area contributed by atoms with Crippen molar-refractivity contribution in [3.05, 3.63) is 24.3 Å². The van der Waals surface area contributed by atoms with E-state index >= 15 is 0 Å². The molecule has 0 bridgehead atoms. The van der Waals surface area contributed by atoms with Gasteiger partial charge in [-0.2, -0.15) is 0 Å². The number of amides is 1. The molecule has 0 aliphatic heterocycles. The molecule has 0 radical (unpaired) electrons. The number of hydrogen-bond donors (Lipinski definition) is 2. The summed E-state index contributed by atoms with van der Waals surface area (Å²) in [5.41, 5.74) is 0.856. The Kier molecular flexibility index (Phi) is 6.40. The van der Waals surface area contributed by atoms with Gasteiger partial charge in [0.1, 0.15) is 0 Å². The number of anilines is 1. The first-order valence-electron chi connectivity index (χ1n) is 7.45. The van der Waals surface area contributed by atoms with Gasteiger partial charge in [0, 0.05) is 28.9 Å². The minimum absolute atomic E-state index is 0.0228. The summed E-state index contributed by atoms with van der Waals surface area (Å²) in [5, 5.41) is 12.3. The molecule has 1 aromatic carbocycles. The van der Waals surface area contributed by atoms with E-state index in [4.69, 9.17) is 5.11 Å². The van der Waals surface area contributed by atoms with Crippen LogP contribution in [0.2, 0.25) is 0 Å². The van der Waals surface area contributed by atoms with Crippen molar-refractivity contribution >= 4 is 23.4 Å². The first-order valence-corrected chi connectivity index (χ1v) is 8.33. The third-order valence-corrected chi connectivity index (χ3v) is 4.90. The fourth-order valence-electron chi connectivity index (χ4n) is 2.44. The Morgan fingerprint density at radius 2 is 1.90 bits per heavy atom. The third kappa shape index (κ3) is 5.17. The van der Waals surface area contributed by atoms with E-state index < -0.39 is 0 Å². The second-order valence-electron chi connectivity index (χ2n) is 5.28. The van der Waals surface area contributed by atoms with Crippen LogP contribution in [0.1, 0.15) is 44.9 Å². The van der Waals surface area contributed by atoms with Crippen molar-refractivity contribution in [1.29, 1.82) is 0 Å². The van der Waals surface area contributed by atoms with E-state index in [0.29, 0.717) is 12.8 Å². The largest absolute Gasteiger partial charge is 0.396 e. The zero-order chi connectivity index (χ0) is 14.2. The van der Waals surface area contributed by atoms with Gasteiger partial charge in [0.05, 0.1) is 0 Å². The quantitative estimate of drug-likeness (QED) is 0.751. The molecule has 0 unspecified atom stereocenters. The lowest BCUT2D eigenvalue weighted by Gasteiger charge is -2.10. The molecule has 1 fully saturated rings. The Morgan fingerprint density at radius 3 is 2.55 bits per heavy atom. The lowest BCUT2D eigenvalue weighted by atomic mass is 10.2. The van der Waals surface area contributed by atoms with Crippen molar-refractivity contribution in [2.24, 2.45) is 0 Å². The van der Waals surface area contributed by atoms with Crippen LogP contribution in [-0.4, -0.2) is 22.9 Å². The molecule has 0 aromatic heterocycles. The lowest BCUT2D eigenvalue weighted by Crippen LogP contribution is -2.11. The number of thioether (sulfide) groups is 1. The normalized spacial score (nSPS) is 15.4. The van der Waals surface area contributed by atoms with Crippen LogP contribution in [-0.2, 0) is 4.79 Å². The Labute approximate surface area is 125 Å². The predicted octanol–water partition coefficient (Wildman–Crippen LogP) is 3.82. The SMILES string of the molecule is O=C(CCCCO)Nc1ccc(SC2CCCC2)cc1. The van der Waals surface area contributed by atoms with E-state index in [1.54, 1.807) is 0 Å². The maximum atomic E-state index is 11.7. The second-order valence-corrected chi connectivity index (χ2v) is 6.65. The molecule has 20 heavy (non-hydrogen) atoms. The average molecular weight is 293 g/mol. The molecule has 1 amide bonds. The zero-order valence-corrected chi connectivity index (χ0v) is 12.6. The van der Waals surface area contributed by atoms with Gasteiger partial charge in [0.15, 0.2) is 0 Å². The summed E-state index contributed by atoms with van der Waals surface area (Å²) in [6, 6.07) is 8.13. The van der Waals surface area contributed by atoms with Crippen molar-refractivity contribution in [2.45, 2.75) is 55.1 Å². The number of benzene rings is 1. The number of unbranched alkanes of at least 4 members (excludes halogenated alkanes) is 1. The average Bonchev–Trinajstić information content (AvgIpc) is 2.94. The van der Waals surface area contributed by atoms with Crippen molar-refractivity contribution in [3.8, 4) is 0 Å². The minimum atomic E-state index is 0.0228. The first-order chi connectivity index (χ1) is 9.78. The fourth-order valence-corrected chi connectivity index (χ4v) is 3.68. The summed E-state index contributed by atoms with van der Waals surface area (Å²) in [6.45, 7) is 0.153. The number of aliphatic hydroxyl groups is 1. The highest BCUT2D eigenvalue weighted by Gasteiger charge is 2.15. The summed E-state index contributed by atoms with van der Waals surface area (Å²) in [4.78, 5) is 12.9. The molecule has 1 saturated carbocycles. The van der Waals surface area contributed by atoms with Crippen molar-refractivity contribution in [3.63, 3.8) is 0 Å². The van der Waals surface area contributed by atoms with Crippen LogP contribution in [0.5, 0.6) is 0 Å². The Morgan fingerprint density at radius 1 is 1.20 bits per heavy atom. The molecule has 2 N–H and O–H groups in total. The van der Waals surface area contributed by atoms with Crippen LogP contribution in [0.15, 0.2) is 29.2 Å². The molecule has 0 atom stereocenters. The van der Waals surface area contributed by atoms with Gasteiger partial charge in [-0.25, -0.2) is 0 Å². The van der Waals surface area contributed by atoms with Crippen LogP contribution in [0.25, 0.3) is 0 Å². The van der Waals surface area contributed by atoms with Crippen molar-refractivity contribution in [1.82, 2.24) is 0 Å². The Balaban J connectivity index is 1.77. The van der Waals surface area contributed by atoms with E-state index in [9.17, 15) is 4.79 Å². The van der Waals surface area contributed by atoms with Gasteiger partial charge in [-0.15, -0.1) is 11.8 Å². The molecule has 3 nitrogen and oxygen atoms in total. The topological polar surface area (TPSA) is 49.3 Å². The molecule has 110 valence electrons. The number of rotatable bonds is 7. The third-order valence-electron chi connectivity index (χ3n) is 3.55. The summed E-state index contributed by atoms with van der Waals surface area (Å²) in [7, 11) is 0. The monoisotopic (exact) mass is 293 g/mol. The van der Waals surface area contributed by atoms with E-state index in [1.807, 2.05) is 23.9 Å². The zero-order valence-electron chi connectivity index (χ0n) is 11.8. The highest BCUT2D eigenvalue weighted by Crippen LogP contribution is 2.34. The standard InChI is InChI=1S/C16H23NO2S/c18-12-4-3-7-16(19)17-13-8-10-15(11-9-13)20-14-5-1-2-6-14/h8-11,14,18H,1-7,12H2,(H,17,19). The Hall–Kier alpha value is -1.00. The van der Waals surface area contributed by atoms with Crippen molar-refractivity contribution in [2.75, 3.05) is 11.9 Å². The molecule has 0 saturated heterocycles. The number of carbonyl (C=O) groups is 1. The fraction of sp³-hybridized carbons (Fsp3) is 0.562. The van der Waals surface area contributed by atoms with Gasteiger partial charge >= 0.3 is 0 Å². The van der Waals surface area contributed by atoms with E-state index in [0.717, 1.165) is 17.4 Å². The highest BCUT2D eigenvalue weighted by atomic mass is 32.2. The van der Waals surface area contributed by atoms with Gasteiger partial charge < -0.3 is 10.4 Å². The van der Waals surface area contributed by atoms with Gasteiger partial charge in [-0.3, -0.25) is 4.79 Å². The summed E-state index contributed by atoms with van der Waals surface area (Å²) >= 11 is 1.96. The maximum Gasteiger partial charge on any atom is 0.224 e. The number of aliphatic hydroxyl groups excluding tert-OH is 1. The van der Waals surface area contributed by atoms with Crippen LogP contribution < -0.4 is 5.32 Å². The highest BCUT2D eigenvalue weighted by molar-refractivity contribution is 8.00. The van der Waals surface area contributed by atoms with Crippen molar-refractivity contribution < 1.29 is 9.90 Å². The van der Waals surface area contributed by atoms with E-state index in [2.05, 4.69) is 17.4 Å². The van der Waals surface area contributed by atoms with Crippen LogP contribution >= 0.6 is 11.8 Å². The minimum Gasteiger partial charge on any atom is -0.396 e. The number of hydrogen-bond acceptors (Lipinski definition) is 3. The molecular weight excluding hydrogens is 270 g/mol. The molecule has 1 aromatic rings. The van der Waals surface area contributed by atoms with Gasteiger partial charge in [-0.1, -0.05) is 12.8 Å². The van der Waals surface area contributed by atoms with E-state index in [-0.39, 0.29) is 12.5 Å². The van der Waals surface area contributed by atoms with Gasteiger partial charge in [0.25, 0.3) is 0 Å². The van der Waals surface area contributed by atoms with E-state index in [1.165, 1.54) is 30.6 Å². The molecule has 4 heteroatoms. The molecule has 2 rings (SSSR count). The summed E-state index contributed by atoms with van der Waals surface area (Å²) in [6.07, 6.45) is 7.27. The Bertz CT molecular complexity index is 413. The first kappa shape index (κ1) is 15.4. The summed E-state index contributed by atoms with van der Waals surface area (Å²) in [5.74, 6) is 0.0228. The van der Waals surface area contributed by atoms with Gasteiger partial charge in [-0.05, 0) is 49.9 Å². The molecule has 0 heterocycles. The molecular formula is C16H23NO2S. The predicted molar refractivity (Wildman–Crippen MR) is 84.1 cm³/mol. The number of nitrogens with one attached hydrogen (secondary N) is 1. The second kappa shape index (κ2) is 8.32. The maximum absolute atomic E-state index is 11.7. The van der Waals surface area contributed by atoms with Gasteiger partial charge in [0.2, 0.25) is 5.91 Å². The molecule has 0 spiro atoms. The van der Waals surface area contributed by atoms with Crippen LogP contribution in [0, 0.1) is 0 Å². The van der Waals surface area contributed by atoms with Crippen LogP contribution in [0.4, 0.5) is 5.69 Å². The molecule has 1 aliphatic carbocycles. The summed E-state index contributed by atoms with van der Waals surface area (Å²) < 4.78 is 0. The lowest BCUT2D eigenvalue weighted by molar-refractivity contribution is -0.116.